The molecule has 2 aromatic carbocycles. The molecule has 1 aliphatic rings. The van der Waals surface area contributed by atoms with E-state index in [1.807, 2.05) is 73.6 Å². The molecule has 5 nitrogen and oxygen atoms in total. The summed E-state index contributed by atoms with van der Waals surface area (Å²) in [6.45, 7) is 0.361. The zero-order chi connectivity index (χ0) is 17.1. The Labute approximate surface area is 141 Å². The van der Waals surface area contributed by atoms with Crippen LogP contribution in [0.1, 0.15) is 11.1 Å². The Morgan fingerprint density at radius 3 is 2.29 bits per heavy atom. The van der Waals surface area contributed by atoms with E-state index in [0.29, 0.717) is 12.2 Å². The minimum atomic E-state index is -0.389. The van der Waals surface area contributed by atoms with Gasteiger partial charge >= 0.3 is 6.03 Å². The van der Waals surface area contributed by atoms with Crippen LogP contribution in [0, 0.1) is 0 Å². The molecule has 0 aliphatic carbocycles. The average molecular weight is 321 g/mol. The molecule has 5 heteroatoms. The molecule has 0 unspecified atom stereocenters. The summed E-state index contributed by atoms with van der Waals surface area (Å²) in [4.78, 5) is 27.7. The van der Waals surface area contributed by atoms with Crippen molar-refractivity contribution in [3.63, 3.8) is 0 Å². The fourth-order valence-corrected chi connectivity index (χ4v) is 2.55. The number of amides is 3. The lowest BCUT2D eigenvalue weighted by atomic mass is 10.1. The number of rotatable bonds is 4. The normalized spacial score (nSPS) is 15.8. The van der Waals surface area contributed by atoms with E-state index in [0.717, 1.165) is 16.8 Å². The van der Waals surface area contributed by atoms with Crippen molar-refractivity contribution in [3.8, 4) is 0 Å². The lowest BCUT2D eigenvalue weighted by molar-refractivity contribution is -0.116. The third-order valence-electron chi connectivity index (χ3n) is 3.89. The van der Waals surface area contributed by atoms with Crippen LogP contribution in [0.4, 0.5) is 10.5 Å². The molecular weight excluding hydrogens is 302 g/mol. The van der Waals surface area contributed by atoms with Crippen molar-refractivity contribution in [2.75, 3.05) is 19.0 Å². The Hall–Kier alpha value is -3.08. The molecule has 122 valence electrons. The summed E-state index contributed by atoms with van der Waals surface area (Å²) < 4.78 is 0. The Balaban J connectivity index is 1.88. The van der Waals surface area contributed by atoms with Crippen LogP contribution in [0.5, 0.6) is 0 Å². The number of nitrogens with one attached hydrogen (secondary N) is 1. The number of benzene rings is 2. The molecule has 0 spiro atoms. The average Bonchev–Trinajstić information content (AvgIpc) is 2.83. The molecule has 3 amide bonds. The predicted octanol–water partition coefficient (Wildman–Crippen LogP) is 2.85. The van der Waals surface area contributed by atoms with Gasteiger partial charge in [0, 0.05) is 19.8 Å². The Kier molecular flexibility index (Phi) is 4.33. The summed E-state index contributed by atoms with van der Waals surface area (Å²) in [5.41, 5.74) is 3.28. The molecule has 1 N–H and O–H groups in total. The van der Waals surface area contributed by atoms with Crippen LogP contribution < -0.4 is 10.2 Å². The maximum absolute atomic E-state index is 12.1. The minimum Gasteiger partial charge on any atom is -0.378 e. The van der Waals surface area contributed by atoms with E-state index in [-0.39, 0.29) is 11.9 Å². The largest absolute Gasteiger partial charge is 0.378 e. The molecule has 0 atom stereocenters. The first-order valence-electron chi connectivity index (χ1n) is 7.70. The van der Waals surface area contributed by atoms with Gasteiger partial charge in [0.05, 0.1) is 6.54 Å². The van der Waals surface area contributed by atoms with Crippen molar-refractivity contribution in [1.82, 2.24) is 10.2 Å². The van der Waals surface area contributed by atoms with Gasteiger partial charge in [-0.2, -0.15) is 0 Å². The number of urea groups is 1. The maximum atomic E-state index is 12.1. The SMILES string of the molecule is CN(C)c1ccc(C=C2C(=O)NC(=O)N2Cc2ccccc2)cc1. The number of anilines is 1. The molecule has 0 aromatic heterocycles. The monoisotopic (exact) mass is 321 g/mol. The molecule has 0 radical (unpaired) electrons. The Morgan fingerprint density at radius 2 is 1.67 bits per heavy atom. The standard InChI is InChI=1S/C19H19N3O2/c1-21(2)16-10-8-14(9-11-16)12-17-18(23)20-19(24)22(17)13-15-6-4-3-5-7-15/h3-12H,13H2,1-2H3,(H,20,23,24). The van der Waals surface area contributed by atoms with Gasteiger partial charge in [-0.3, -0.25) is 15.0 Å². The highest BCUT2D eigenvalue weighted by atomic mass is 16.2. The lowest BCUT2D eigenvalue weighted by Gasteiger charge is -2.16. The fraction of sp³-hybridized carbons (Fsp3) is 0.158. The van der Waals surface area contributed by atoms with Crippen molar-refractivity contribution in [3.05, 3.63) is 71.4 Å². The second kappa shape index (κ2) is 6.58. The second-order valence-corrected chi connectivity index (χ2v) is 5.85. The second-order valence-electron chi connectivity index (χ2n) is 5.85. The van der Waals surface area contributed by atoms with Crippen molar-refractivity contribution in [1.29, 1.82) is 0 Å². The van der Waals surface area contributed by atoms with Crippen molar-refractivity contribution >= 4 is 23.7 Å². The summed E-state index contributed by atoms with van der Waals surface area (Å²) in [5, 5.41) is 2.36. The number of hydrogen-bond acceptors (Lipinski definition) is 3. The maximum Gasteiger partial charge on any atom is 0.329 e. The van der Waals surface area contributed by atoms with E-state index in [4.69, 9.17) is 0 Å². The minimum absolute atomic E-state index is 0.361. The van der Waals surface area contributed by atoms with Crippen LogP contribution in [0.2, 0.25) is 0 Å². The van der Waals surface area contributed by atoms with E-state index >= 15 is 0 Å². The molecule has 3 rings (SSSR count). The summed E-state index contributed by atoms with van der Waals surface area (Å²) in [6.07, 6.45) is 1.74. The first-order valence-corrected chi connectivity index (χ1v) is 7.70. The van der Waals surface area contributed by atoms with Crippen molar-refractivity contribution in [2.45, 2.75) is 6.54 Å². The van der Waals surface area contributed by atoms with Gasteiger partial charge in [-0.1, -0.05) is 42.5 Å². The fourth-order valence-electron chi connectivity index (χ4n) is 2.55. The highest BCUT2D eigenvalue weighted by Crippen LogP contribution is 2.21. The third kappa shape index (κ3) is 3.30. The molecule has 2 aromatic rings. The van der Waals surface area contributed by atoms with Gasteiger partial charge in [-0.15, -0.1) is 0 Å². The van der Waals surface area contributed by atoms with Crippen LogP contribution in [0.25, 0.3) is 6.08 Å². The Morgan fingerprint density at radius 1 is 1.00 bits per heavy atom. The Bertz CT molecular complexity index is 780. The topological polar surface area (TPSA) is 52.7 Å². The highest BCUT2D eigenvalue weighted by molar-refractivity contribution is 6.13. The zero-order valence-corrected chi connectivity index (χ0v) is 13.7. The van der Waals surface area contributed by atoms with Crippen LogP contribution in [-0.4, -0.2) is 30.9 Å². The summed E-state index contributed by atoms with van der Waals surface area (Å²) in [6, 6.07) is 17.0. The van der Waals surface area contributed by atoms with Crippen LogP contribution in [0.15, 0.2) is 60.3 Å². The third-order valence-corrected chi connectivity index (χ3v) is 3.89. The molecule has 1 saturated heterocycles. The molecule has 1 aliphatic heterocycles. The van der Waals surface area contributed by atoms with Gasteiger partial charge in [0.1, 0.15) is 5.70 Å². The predicted molar refractivity (Wildman–Crippen MR) is 94.3 cm³/mol. The summed E-state index contributed by atoms with van der Waals surface area (Å²) in [7, 11) is 3.94. The van der Waals surface area contributed by atoms with Gasteiger partial charge < -0.3 is 4.90 Å². The van der Waals surface area contributed by atoms with E-state index in [2.05, 4.69) is 5.32 Å². The highest BCUT2D eigenvalue weighted by Gasteiger charge is 2.32. The number of imide groups is 1. The van der Waals surface area contributed by atoms with Gasteiger partial charge in [0.15, 0.2) is 0 Å². The number of carbonyl (C=O) groups is 2. The smallest absolute Gasteiger partial charge is 0.329 e. The van der Waals surface area contributed by atoms with E-state index in [9.17, 15) is 9.59 Å². The molecule has 1 heterocycles. The van der Waals surface area contributed by atoms with Crippen LogP contribution in [-0.2, 0) is 11.3 Å². The quantitative estimate of drug-likeness (QED) is 0.696. The number of carbonyl (C=O) groups excluding carboxylic acids is 2. The number of nitrogens with zero attached hydrogens (tertiary/aromatic N) is 2. The van der Waals surface area contributed by atoms with Gasteiger partial charge in [-0.05, 0) is 29.3 Å². The lowest BCUT2D eigenvalue weighted by Crippen LogP contribution is -2.27. The molecule has 0 bridgehead atoms. The number of hydrogen-bond donors (Lipinski definition) is 1. The molecular formula is C19H19N3O2. The first-order chi connectivity index (χ1) is 11.5. The first kappa shape index (κ1) is 15.8. The van der Waals surface area contributed by atoms with Crippen molar-refractivity contribution < 1.29 is 9.59 Å². The van der Waals surface area contributed by atoms with Crippen LogP contribution >= 0.6 is 0 Å². The molecule has 1 fully saturated rings. The van der Waals surface area contributed by atoms with Crippen molar-refractivity contribution in [2.24, 2.45) is 0 Å². The van der Waals surface area contributed by atoms with Gasteiger partial charge in [-0.25, -0.2) is 4.79 Å². The van der Waals surface area contributed by atoms with E-state index in [1.54, 1.807) is 6.08 Å². The van der Waals surface area contributed by atoms with Crippen LogP contribution in [0.3, 0.4) is 0 Å². The zero-order valence-electron chi connectivity index (χ0n) is 13.7. The molecule has 24 heavy (non-hydrogen) atoms. The van der Waals surface area contributed by atoms with E-state index < -0.39 is 0 Å². The van der Waals surface area contributed by atoms with E-state index in [1.165, 1.54) is 4.90 Å². The molecule has 0 saturated carbocycles. The summed E-state index contributed by atoms with van der Waals surface area (Å²) in [5.74, 6) is -0.368. The summed E-state index contributed by atoms with van der Waals surface area (Å²) >= 11 is 0. The van der Waals surface area contributed by atoms with Gasteiger partial charge in [0.25, 0.3) is 5.91 Å². The van der Waals surface area contributed by atoms with Gasteiger partial charge in [0.2, 0.25) is 0 Å².